The summed E-state index contributed by atoms with van der Waals surface area (Å²) in [5, 5.41) is 0. The number of methoxy groups -OCH3 is 1. The first kappa shape index (κ1) is 16.2. The van der Waals surface area contributed by atoms with E-state index in [4.69, 9.17) is 4.74 Å². The Balaban J connectivity index is 1.60. The lowest BCUT2D eigenvalue weighted by molar-refractivity contribution is -0.123. The van der Waals surface area contributed by atoms with Crippen molar-refractivity contribution in [3.05, 3.63) is 59.7 Å². The molecular weight excluding hydrogens is 312 g/mol. The zero-order chi connectivity index (χ0) is 17.4. The van der Waals surface area contributed by atoms with E-state index in [-0.39, 0.29) is 18.0 Å². The van der Waals surface area contributed by atoms with Crippen molar-refractivity contribution in [2.45, 2.75) is 31.8 Å². The van der Waals surface area contributed by atoms with E-state index in [9.17, 15) is 4.79 Å². The monoisotopic (exact) mass is 336 g/mol. The Morgan fingerprint density at radius 1 is 1.16 bits per heavy atom. The Morgan fingerprint density at radius 2 is 1.96 bits per heavy atom. The smallest absolute Gasteiger partial charge is 0.241 e. The van der Waals surface area contributed by atoms with Crippen molar-refractivity contribution >= 4 is 11.6 Å². The van der Waals surface area contributed by atoms with Crippen LogP contribution < -0.4 is 9.64 Å². The molecule has 1 saturated heterocycles. The first-order chi connectivity index (χ1) is 12.2. The number of anilines is 1. The molecule has 2 aromatic rings. The fourth-order valence-corrected chi connectivity index (χ4v) is 4.09. The van der Waals surface area contributed by atoms with Gasteiger partial charge in [-0.15, -0.1) is 0 Å². The molecule has 1 fully saturated rings. The number of nitrogens with zero attached hydrogens (tertiary/aromatic N) is 2. The van der Waals surface area contributed by atoms with Gasteiger partial charge in [0.15, 0.2) is 0 Å². The van der Waals surface area contributed by atoms with Gasteiger partial charge in [0.05, 0.1) is 25.4 Å². The molecule has 2 aliphatic heterocycles. The van der Waals surface area contributed by atoms with Gasteiger partial charge >= 0.3 is 0 Å². The summed E-state index contributed by atoms with van der Waals surface area (Å²) in [7, 11) is 1.67. The largest absolute Gasteiger partial charge is 0.497 e. The highest BCUT2D eigenvalue weighted by Crippen LogP contribution is 2.37. The molecule has 4 heteroatoms. The highest BCUT2D eigenvalue weighted by atomic mass is 16.5. The number of carbonyl (C=O) groups is 1. The van der Waals surface area contributed by atoms with Crippen molar-refractivity contribution in [2.75, 3.05) is 25.1 Å². The average Bonchev–Trinajstić information content (AvgIpc) is 2.67. The normalized spacial score (nSPS) is 21.4. The SMILES string of the molecule is COc1ccc2c(c1)N1C(=O)CN([C@@H](C)c3ccccc3)C[C@H]1CC2. The molecule has 2 aromatic carbocycles. The first-order valence-electron chi connectivity index (χ1n) is 8.95. The molecule has 2 heterocycles. The van der Waals surface area contributed by atoms with E-state index in [0.29, 0.717) is 6.54 Å². The van der Waals surface area contributed by atoms with E-state index in [1.165, 1.54) is 11.1 Å². The molecule has 0 aliphatic carbocycles. The van der Waals surface area contributed by atoms with Crippen LogP contribution in [0.25, 0.3) is 0 Å². The van der Waals surface area contributed by atoms with Crippen LogP contribution in [0.2, 0.25) is 0 Å². The lowest BCUT2D eigenvalue weighted by Crippen LogP contribution is -2.58. The second-order valence-electron chi connectivity index (χ2n) is 6.97. The van der Waals surface area contributed by atoms with Gasteiger partial charge in [0.25, 0.3) is 0 Å². The van der Waals surface area contributed by atoms with Crippen LogP contribution in [0.15, 0.2) is 48.5 Å². The molecule has 0 unspecified atom stereocenters. The third-order valence-corrected chi connectivity index (χ3v) is 5.55. The minimum Gasteiger partial charge on any atom is -0.497 e. The van der Waals surface area contributed by atoms with Crippen molar-refractivity contribution in [3.8, 4) is 5.75 Å². The number of rotatable bonds is 3. The summed E-state index contributed by atoms with van der Waals surface area (Å²) in [6.07, 6.45) is 2.03. The lowest BCUT2D eigenvalue weighted by Gasteiger charge is -2.46. The zero-order valence-electron chi connectivity index (χ0n) is 14.8. The standard InChI is InChI=1S/C21H24N2O2/c1-15(16-6-4-3-5-7-16)22-13-18-10-8-17-9-11-19(25-2)12-20(17)23(18)21(24)14-22/h3-7,9,11-12,15,18H,8,10,13-14H2,1-2H3/t15-,18+/m0/s1. The number of fused-ring (bicyclic) bond motifs is 3. The third kappa shape index (κ3) is 2.91. The summed E-state index contributed by atoms with van der Waals surface area (Å²) in [5.74, 6) is 1.00. The van der Waals surface area contributed by atoms with E-state index in [1.54, 1.807) is 7.11 Å². The number of carbonyl (C=O) groups excluding carboxylic acids is 1. The van der Waals surface area contributed by atoms with Gasteiger partial charge in [0.1, 0.15) is 5.75 Å². The quantitative estimate of drug-likeness (QED) is 0.861. The van der Waals surface area contributed by atoms with Gasteiger partial charge in [0.2, 0.25) is 5.91 Å². The molecule has 0 aromatic heterocycles. The van der Waals surface area contributed by atoms with Gasteiger partial charge in [-0.25, -0.2) is 0 Å². The number of amides is 1. The van der Waals surface area contributed by atoms with Crippen LogP contribution in [-0.2, 0) is 11.2 Å². The van der Waals surface area contributed by atoms with Gasteiger partial charge in [-0.05, 0) is 37.0 Å². The average molecular weight is 336 g/mol. The molecule has 0 radical (unpaired) electrons. The van der Waals surface area contributed by atoms with Crippen LogP contribution in [0.3, 0.4) is 0 Å². The molecule has 1 amide bonds. The molecule has 0 spiro atoms. The molecule has 2 atom stereocenters. The minimum atomic E-state index is 0.188. The summed E-state index contributed by atoms with van der Waals surface area (Å²) in [5.41, 5.74) is 3.55. The molecule has 0 bridgehead atoms. The Kier molecular flexibility index (Phi) is 4.22. The van der Waals surface area contributed by atoms with Crippen LogP contribution in [0, 0.1) is 0 Å². The Labute approximate surface area is 149 Å². The fourth-order valence-electron chi connectivity index (χ4n) is 4.09. The third-order valence-electron chi connectivity index (χ3n) is 5.55. The van der Waals surface area contributed by atoms with E-state index in [2.05, 4.69) is 42.2 Å². The fraction of sp³-hybridized carbons (Fsp3) is 0.381. The maximum absolute atomic E-state index is 13.0. The highest BCUT2D eigenvalue weighted by Gasteiger charge is 2.38. The number of aryl methyl sites for hydroxylation is 1. The molecule has 4 rings (SSSR count). The Morgan fingerprint density at radius 3 is 2.72 bits per heavy atom. The number of hydrogen-bond donors (Lipinski definition) is 0. The van der Waals surface area contributed by atoms with Crippen molar-refractivity contribution < 1.29 is 9.53 Å². The lowest BCUT2D eigenvalue weighted by atomic mass is 9.92. The van der Waals surface area contributed by atoms with Gasteiger partial charge in [-0.2, -0.15) is 0 Å². The summed E-state index contributed by atoms with van der Waals surface area (Å²) in [4.78, 5) is 17.3. The molecule has 0 saturated carbocycles. The summed E-state index contributed by atoms with van der Waals surface area (Å²) in [6.45, 7) is 3.57. The molecule has 2 aliphatic rings. The van der Waals surface area contributed by atoms with Crippen LogP contribution in [0.1, 0.15) is 30.5 Å². The zero-order valence-corrected chi connectivity index (χ0v) is 14.8. The van der Waals surface area contributed by atoms with E-state index in [1.807, 2.05) is 23.1 Å². The van der Waals surface area contributed by atoms with Crippen LogP contribution in [0.4, 0.5) is 5.69 Å². The van der Waals surface area contributed by atoms with E-state index < -0.39 is 0 Å². The highest BCUT2D eigenvalue weighted by molar-refractivity contribution is 5.97. The van der Waals surface area contributed by atoms with E-state index >= 15 is 0 Å². The van der Waals surface area contributed by atoms with Crippen LogP contribution in [0.5, 0.6) is 5.75 Å². The van der Waals surface area contributed by atoms with Crippen molar-refractivity contribution in [3.63, 3.8) is 0 Å². The second-order valence-corrected chi connectivity index (χ2v) is 6.97. The second kappa shape index (κ2) is 6.52. The van der Waals surface area contributed by atoms with Gasteiger partial charge < -0.3 is 9.64 Å². The number of ether oxygens (including phenoxy) is 1. The molecule has 25 heavy (non-hydrogen) atoms. The predicted octanol–water partition coefficient (Wildman–Crippen LogP) is 3.42. The number of benzene rings is 2. The molecular formula is C21H24N2O2. The van der Waals surface area contributed by atoms with Crippen LogP contribution in [-0.4, -0.2) is 37.0 Å². The number of piperazine rings is 1. The topological polar surface area (TPSA) is 32.8 Å². The summed E-state index contributed by atoms with van der Waals surface area (Å²) in [6, 6.07) is 17.0. The van der Waals surface area contributed by atoms with Crippen molar-refractivity contribution in [1.82, 2.24) is 4.90 Å². The minimum absolute atomic E-state index is 0.188. The van der Waals surface area contributed by atoms with Crippen molar-refractivity contribution in [1.29, 1.82) is 0 Å². The van der Waals surface area contributed by atoms with E-state index in [0.717, 1.165) is 30.8 Å². The van der Waals surface area contributed by atoms with Gasteiger partial charge in [-0.3, -0.25) is 9.69 Å². The van der Waals surface area contributed by atoms with Gasteiger partial charge in [-0.1, -0.05) is 36.4 Å². The van der Waals surface area contributed by atoms with Crippen molar-refractivity contribution in [2.24, 2.45) is 0 Å². The van der Waals surface area contributed by atoms with Gasteiger partial charge in [0, 0.05) is 18.7 Å². The summed E-state index contributed by atoms with van der Waals surface area (Å²) < 4.78 is 5.36. The summed E-state index contributed by atoms with van der Waals surface area (Å²) >= 11 is 0. The molecule has 130 valence electrons. The molecule has 0 N–H and O–H groups in total. The maximum Gasteiger partial charge on any atom is 0.241 e. The maximum atomic E-state index is 13.0. The first-order valence-corrected chi connectivity index (χ1v) is 8.95. The predicted molar refractivity (Wildman–Crippen MR) is 99.0 cm³/mol. The Bertz CT molecular complexity index is 775. The molecule has 4 nitrogen and oxygen atoms in total. The number of hydrogen-bond acceptors (Lipinski definition) is 3. The van der Waals surface area contributed by atoms with Crippen LogP contribution >= 0.6 is 0 Å². The Hall–Kier alpha value is -2.33.